The van der Waals surface area contributed by atoms with Crippen LogP contribution in [0, 0.1) is 0 Å². The highest BCUT2D eigenvalue weighted by atomic mass is 16.2. The molecule has 0 saturated carbocycles. The largest absolute Gasteiger partial charge is 0.366 e. The molecule has 0 aliphatic rings. The molecule has 0 bridgehead atoms. The van der Waals surface area contributed by atoms with Crippen LogP contribution in [0.15, 0.2) is 54.6 Å². The lowest BCUT2D eigenvalue weighted by Gasteiger charge is -2.07. The number of amides is 3. The molecule has 2 aromatic rings. The van der Waals surface area contributed by atoms with Crippen LogP contribution in [0.3, 0.4) is 0 Å². The van der Waals surface area contributed by atoms with Crippen molar-refractivity contribution in [3.05, 3.63) is 65.7 Å². The molecule has 0 aromatic heterocycles. The minimum atomic E-state index is -0.522. The Morgan fingerprint density at radius 2 is 1.52 bits per heavy atom. The Morgan fingerprint density at radius 3 is 2.13 bits per heavy atom. The number of carbonyl (C=O) groups excluding carboxylic acids is 3. The summed E-state index contributed by atoms with van der Waals surface area (Å²) in [5, 5.41) is 5.36. The van der Waals surface area contributed by atoms with Crippen molar-refractivity contribution < 1.29 is 14.4 Å². The summed E-state index contributed by atoms with van der Waals surface area (Å²) in [6, 6.07) is 15.1. The molecule has 0 radical (unpaired) electrons. The molecule has 0 aliphatic carbocycles. The molecule has 0 aliphatic heterocycles. The van der Waals surface area contributed by atoms with Gasteiger partial charge in [0.15, 0.2) is 0 Å². The van der Waals surface area contributed by atoms with Crippen LogP contribution < -0.4 is 16.4 Å². The van der Waals surface area contributed by atoms with Crippen LogP contribution in [-0.2, 0) is 4.79 Å². The van der Waals surface area contributed by atoms with Crippen LogP contribution in [0.1, 0.15) is 27.1 Å². The molecular formula is C17H17N3O3. The van der Waals surface area contributed by atoms with Gasteiger partial charge in [-0.3, -0.25) is 14.4 Å². The standard InChI is InChI=1S/C17H17N3O3/c18-16(22)12-6-8-14(9-7-12)20-15(21)10-11-19-17(23)13-4-2-1-3-5-13/h1-9H,10-11H2,(H2,18,22)(H,19,23)(H,20,21). The molecule has 118 valence electrons. The lowest BCUT2D eigenvalue weighted by Crippen LogP contribution is -2.27. The molecule has 0 saturated heterocycles. The number of nitrogens with two attached hydrogens (primary N) is 1. The molecule has 0 unspecified atom stereocenters. The molecule has 0 fully saturated rings. The van der Waals surface area contributed by atoms with Crippen molar-refractivity contribution in [1.29, 1.82) is 0 Å². The summed E-state index contributed by atoms with van der Waals surface area (Å²) in [6.45, 7) is 0.235. The van der Waals surface area contributed by atoms with Crippen molar-refractivity contribution in [1.82, 2.24) is 5.32 Å². The Hall–Kier alpha value is -3.15. The monoisotopic (exact) mass is 311 g/mol. The number of anilines is 1. The smallest absolute Gasteiger partial charge is 0.251 e. The van der Waals surface area contributed by atoms with Crippen molar-refractivity contribution >= 4 is 23.4 Å². The molecular weight excluding hydrogens is 294 g/mol. The van der Waals surface area contributed by atoms with Crippen molar-refractivity contribution in [3.63, 3.8) is 0 Å². The zero-order chi connectivity index (χ0) is 16.7. The van der Waals surface area contributed by atoms with Gasteiger partial charge in [-0.1, -0.05) is 18.2 Å². The Bertz CT molecular complexity index is 697. The molecule has 0 heterocycles. The first-order valence-electron chi connectivity index (χ1n) is 7.09. The molecule has 6 nitrogen and oxygen atoms in total. The third kappa shape index (κ3) is 4.96. The van der Waals surface area contributed by atoms with Crippen LogP contribution in [-0.4, -0.2) is 24.3 Å². The topological polar surface area (TPSA) is 101 Å². The van der Waals surface area contributed by atoms with E-state index < -0.39 is 5.91 Å². The highest BCUT2D eigenvalue weighted by Gasteiger charge is 2.07. The van der Waals surface area contributed by atoms with Crippen LogP contribution in [0.2, 0.25) is 0 Å². The SMILES string of the molecule is NC(=O)c1ccc(NC(=O)CCNC(=O)c2ccccc2)cc1. The van der Waals surface area contributed by atoms with Gasteiger partial charge in [0.1, 0.15) is 0 Å². The maximum Gasteiger partial charge on any atom is 0.251 e. The fourth-order valence-electron chi connectivity index (χ4n) is 1.92. The first-order valence-corrected chi connectivity index (χ1v) is 7.09. The minimum absolute atomic E-state index is 0.149. The maximum atomic E-state index is 11.8. The first kappa shape index (κ1) is 16.2. The maximum absolute atomic E-state index is 11.8. The second-order valence-electron chi connectivity index (χ2n) is 4.86. The summed E-state index contributed by atoms with van der Waals surface area (Å²) in [7, 11) is 0. The van der Waals surface area contributed by atoms with E-state index in [0.717, 1.165) is 0 Å². The summed E-state index contributed by atoms with van der Waals surface area (Å²) >= 11 is 0. The van der Waals surface area contributed by atoms with Gasteiger partial charge in [0, 0.05) is 29.8 Å². The predicted octanol–water partition coefficient (Wildman–Crippen LogP) is 1.54. The van der Waals surface area contributed by atoms with Crippen molar-refractivity contribution in [2.45, 2.75) is 6.42 Å². The summed E-state index contributed by atoms with van der Waals surface area (Å²) in [5.74, 6) is -0.971. The number of primary amides is 1. The van der Waals surface area contributed by atoms with E-state index in [-0.39, 0.29) is 24.8 Å². The van der Waals surface area contributed by atoms with Crippen molar-refractivity contribution in [3.8, 4) is 0 Å². The average molecular weight is 311 g/mol. The molecule has 4 N–H and O–H groups in total. The second-order valence-corrected chi connectivity index (χ2v) is 4.86. The number of hydrogen-bond donors (Lipinski definition) is 3. The summed E-state index contributed by atoms with van der Waals surface area (Å²) < 4.78 is 0. The Kier molecular flexibility index (Phi) is 5.46. The summed E-state index contributed by atoms with van der Waals surface area (Å²) in [5.41, 5.74) is 6.63. The average Bonchev–Trinajstić information content (AvgIpc) is 2.56. The number of carbonyl (C=O) groups is 3. The zero-order valence-corrected chi connectivity index (χ0v) is 12.4. The van der Waals surface area contributed by atoms with Crippen LogP contribution >= 0.6 is 0 Å². The molecule has 0 atom stereocenters. The van der Waals surface area contributed by atoms with Gasteiger partial charge in [0.25, 0.3) is 5.91 Å². The Balaban J connectivity index is 1.77. The molecule has 2 aromatic carbocycles. The number of rotatable bonds is 6. The van der Waals surface area contributed by atoms with Crippen molar-refractivity contribution in [2.75, 3.05) is 11.9 Å². The third-order valence-electron chi connectivity index (χ3n) is 3.13. The fourth-order valence-corrected chi connectivity index (χ4v) is 1.92. The Labute approximate surface area is 133 Å². The summed E-state index contributed by atoms with van der Waals surface area (Å²) in [4.78, 5) is 34.5. The number of benzene rings is 2. The van der Waals surface area contributed by atoms with Gasteiger partial charge in [-0.05, 0) is 36.4 Å². The molecule has 6 heteroatoms. The zero-order valence-electron chi connectivity index (χ0n) is 12.4. The highest BCUT2D eigenvalue weighted by molar-refractivity contribution is 5.96. The van der Waals surface area contributed by atoms with E-state index >= 15 is 0 Å². The van der Waals surface area contributed by atoms with E-state index in [0.29, 0.717) is 16.8 Å². The second kappa shape index (κ2) is 7.74. The van der Waals surface area contributed by atoms with Gasteiger partial charge < -0.3 is 16.4 Å². The van der Waals surface area contributed by atoms with Gasteiger partial charge in [-0.25, -0.2) is 0 Å². The Morgan fingerprint density at radius 1 is 0.870 bits per heavy atom. The first-order chi connectivity index (χ1) is 11.1. The van der Waals surface area contributed by atoms with Gasteiger partial charge in [0.05, 0.1) is 0 Å². The highest BCUT2D eigenvalue weighted by Crippen LogP contribution is 2.09. The number of nitrogens with one attached hydrogen (secondary N) is 2. The molecule has 2 rings (SSSR count). The van der Waals surface area contributed by atoms with Crippen LogP contribution in [0.25, 0.3) is 0 Å². The van der Waals surface area contributed by atoms with E-state index in [2.05, 4.69) is 10.6 Å². The minimum Gasteiger partial charge on any atom is -0.366 e. The fraction of sp³-hybridized carbons (Fsp3) is 0.118. The normalized spacial score (nSPS) is 9.91. The van der Waals surface area contributed by atoms with Gasteiger partial charge >= 0.3 is 0 Å². The lowest BCUT2D eigenvalue weighted by atomic mass is 10.2. The number of hydrogen-bond acceptors (Lipinski definition) is 3. The predicted molar refractivity (Wildman–Crippen MR) is 87.0 cm³/mol. The molecule has 0 spiro atoms. The van der Waals surface area contributed by atoms with E-state index in [1.54, 1.807) is 36.4 Å². The van der Waals surface area contributed by atoms with Gasteiger partial charge in [-0.2, -0.15) is 0 Å². The van der Waals surface area contributed by atoms with Crippen LogP contribution in [0.4, 0.5) is 5.69 Å². The van der Waals surface area contributed by atoms with E-state index in [4.69, 9.17) is 5.73 Å². The molecule has 3 amide bonds. The molecule has 23 heavy (non-hydrogen) atoms. The van der Waals surface area contributed by atoms with Crippen molar-refractivity contribution in [2.24, 2.45) is 5.73 Å². The quantitative estimate of drug-likeness (QED) is 0.754. The summed E-state index contributed by atoms with van der Waals surface area (Å²) in [6.07, 6.45) is 0.149. The van der Waals surface area contributed by atoms with E-state index in [1.807, 2.05) is 6.07 Å². The van der Waals surface area contributed by atoms with E-state index in [9.17, 15) is 14.4 Å². The third-order valence-corrected chi connectivity index (χ3v) is 3.13. The lowest BCUT2D eigenvalue weighted by molar-refractivity contribution is -0.116. The van der Waals surface area contributed by atoms with Crippen LogP contribution in [0.5, 0.6) is 0 Å². The van der Waals surface area contributed by atoms with Gasteiger partial charge in [-0.15, -0.1) is 0 Å². The van der Waals surface area contributed by atoms with Gasteiger partial charge in [0.2, 0.25) is 11.8 Å². The van der Waals surface area contributed by atoms with E-state index in [1.165, 1.54) is 12.1 Å².